The van der Waals surface area contributed by atoms with E-state index < -0.39 is 106 Å². The SMILES string of the molecule is [2H]C([2H])([2H])Oc1cc([C@@H]2c3cc4c(cc3[C@@H](O[C@@H]3O[C@@H]5CO[C@@H](C)O[C@H]5[C@H](O)[C@H]3O)[C@H]3COC(=O)[C@H]23)OCO4)cc(OC([2H])([2H])[2H])c1OP(=O)(O)O. The third-order valence-corrected chi connectivity index (χ3v) is 9.14. The topological polar surface area (TPSA) is 207 Å². The van der Waals surface area contributed by atoms with Gasteiger partial charge in [0.05, 0.1) is 47.5 Å². The van der Waals surface area contributed by atoms with Crippen LogP contribution in [-0.4, -0.2) is 97.0 Å². The lowest BCUT2D eigenvalue weighted by molar-refractivity contribution is -0.364. The average molecular weight is 675 g/mol. The second-order valence-electron chi connectivity index (χ2n) is 11.3. The lowest BCUT2D eigenvalue weighted by Crippen LogP contribution is -2.63. The van der Waals surface area contributed by atoms with E-state index in [1.807, 2.05) is 0 Å². The van der Waals surface area contributed by atoms with Gasteiger partial charge in [0.25, 0.3) is 0 Å². The maximum atomic E-state index is 13.6. The molecule has 0 aromatic heterocycles. The summed E-state index contributed by atoms with van der Waals surface area (Å²) in [5.74, 6) is -6.06. The van der Waals surface area contributed by atoms with Gasteiger partial charge >= 0.3 is 13.8 Å². The van der Waals surface area contributed by atoms with Gasteiger partial charge in [0.15, 0.2) is 35.6 Å². The maximum absolute atomic E-state index is 13.6. The molecule has 1 aliphatic carbocycles. The first kappa shape index (κ1) is 24.9. The Balaban J connectivity index is 1.37. The van der Waals surface area contributed by atoms with Gasteiger partial charge in [0.2, 0.25) is 12.5 Å². The first-order chi connectivity index (χ1) is 24.3. The van der Waals surface area contributed by atoms with Crippen molar-refractivity contribution in [2.24, 2.45) is 11.8 Å². The molecule has 7 rings (SSSR count). The van der Waals surface area contributed by atoms with Gasteiger partial charge in [-0.2, -0.15) is 0 Å². The van der Waals surface area contributed by atoms with Gasteiger partial charge in [-0.3, -0.25) is 14.6 Å². The fraction of sp³-hybridized carbons (Fsp3) is 0.552. The smallest absolute Gasteiger partial charge is 0.493 e. The number of aliphatic hydroxyl groups is 2. The molecule has 46 heavy (non-hydrogen) atoms. The second-order valence-corrected chi connectivity index (χ2v) is 12.5. The minimum atomic E-state index is -5.47. The molecule has 17 heteroatoms. The van der Waals surface area contributed by atoms with Crippen molar-refractivity contribution >= 4 is 13.8 Å². The number of ether oxygens (including phenoxy) is 9. The highest BCUT2D eigenvalue weighted by molar-refractivity contribution is 7.46. The molecule has 0 spiro atoms. The van der Waals surface area contributed by atoms with Gasteiger partial charge < -0.3 is 57.4 Å². The molecule has 16 nitrogen and oxygen atoms in total. The lowest BCUT2D eigenvalue weighted by atomic mass is 9.66. The van der Waals surface area contributed by atoms with Crippen molar-refractivity contribution in [3.63, 3.8) is 0 Å². The zero-order valence-corrected chi connectivity index (χ0v) is 24.7. The molecule has 0 bridgehead atoms. The van der Waals surface area contributed by atoms with Crippen LogP contribution in [0.1, 0.15) is 43.9 Å². The summed E-state index contributed by atoms with van der Waals surface area (Å²) >= 11 is 0. The van der Waals surface area contributed by atoms with Crippen LogP contribution in [0.2, 0.25) is 0 Å². The highest BCUT2D eigenvalue weighted by Crippen LogP contribution is 2.57. The van der Waals surface area contributed by atoms with Gasteiger partial charge in [0.1, 0.15) is 24.4 Å². The molecule has 10 atom stereocenters. The Labute approximate surface area is 270 Å². The number of aliphatic hydroxyl groups excluding tert-OH is 2. The van der Waals surface area contributed by atoms with Crippen molar-refractivity contribution in [1.82, 2.24) is 0 Å². The van der Waals surface area contributed by atoms with Crippen LogP contribution >= 0.6 is 7.82 Å². The van der Waals surface area contributed by atoms with E-state index in [9.17, 15) is 29.4 Å². The van der Waals surface area contributed by atoms with E-state index in [0.717, 1.165) is 12.1 Å². The molecule has 3 fully saturated rings. The number of carbonyl (C=O) groups excluding carboxylic acids is 1. The molecule has 0 amide bonds. The summed E-state index contributed by atoms with van der Waals surface area (Å²) in [7, 11) is -12.0. The van der Waals surface area contributed by atoms with Crippen molar-refractivity contribution in [3.05, 3.63) is 41.0 Å². The van der Waals surface area contributed by atoms with Gasteiger partial charge in [-0.1, -0.05) is 0 Å². The minimum Gasteiger partial charge on any atom is -0.493 e. The first-order valence-corrected chi connectivity index (χ1v) is 15.6. The number of esters is 1. The Bertz CT molecular complexity index is 1730. The van der Waals surface area contributed by atoms with Crippen molar-refractivity contribution in [2.75, 3.05) is 34.1 Å². The van der Waals surface area contributed by atoms with Gasteiger partial charge in [-0.05, 0) is 47.9 Å². The Kier molecular flexibility index (Phi) is 6.40. The van der Waals surface area contributed by atoms with Crippen molar-refractivity contribution in [1.29, 1.82) is 0 Å². The number of hydrogen-bond acceptors (Lipinski definition) is 14. The number of fused-ring (bicyclic) bond motifs is 4. The number of hydrogen-bond donors (Lipinski definition) is 4. The average Bonchev–Trinajstić information content (AvgIpc) is 3.64. The van der Waals surface area contributed by atoms with Crippen molar-refractivity contribution in [3.8, 4) is 28.7 Å². The summed E-state index contributed by atoms with van der Waals surface area (Å²) < 4.78 is 113. The summed E-state index contributed by atoms with van der Waals surface area (Å²) in [4.78, 5) is 32.9. The van der Waals surface area contributed by atoms with Crippen LogP contribution in [0.15, 0.2) is 24.3 Å². The third kappa shape index (κ3) is 5.37. The van der Waals surface area contributed by atoms with E-state index in [1.54, 1.807) is 13.0 Å². The minimum absolute atomic E-state index is 0.0122. The van der Waals surface area contributed by atoms with Crippen LogP contribution in [0.5, 0.6) is 28.7 Å². The lowest BCUT2D eigenvalue weighted by Gasteiger charge is -2.47. The normalized spacial score (nSPS) is 37.1. The highest BCUT2D eigenvalue weighted by atomic mass is 31.2. The van der Waals surface area contributed by atoms with E-state index in [-0.39, 0.29) is 37.1 Å². The van der Waals surface area contributed by atoms with Crippen LogP contribution in [0.25, 0.3) is 0 Å². The fourth-order valence-electron chi connectivity index (χ4n) is 6.78. The standard InChI is InChI=1S/C29H33O16P/c1-11-38-9-20-27(42-11)23(30)24(31)29(43-20)44-25-14-7-17-16(40-10-41-17)6-13(14)21(22-15(25)8-39-28(22)32)12-4-18(36-2)26(19(5-12)37-3)45-46(33,34)35/h4-7,11,15,20-25,27,29-31H,8-10H2,1-3H3,(H2,33,34,35)/t11-,15+,20-,21-,22+,23-,24-,25-,27-,29+/m1/s1/i2D3,3D3. The molecule has 4 aliphatic heterocycles. The number of carbonyl (C=O) groups is 1. The van der Waals surface area contributed by atoms with Crippen LogP contribution in [0.3, 0.4) is 0 Å². The van der Waals surface area contributed by atoms with E-state index in [4.69, 9.17) is 55.4 Å². The highest BCUT2D eigenvalue weighted by Gasteiger charge is 2.56. The second kappa shape index (κ2) is 11.8. The van der Waals surface area contributed by atoms with Crippen LogP contribution in [-0.2, 0) is 33.0 Å². The van der Waals surface area contributed by atoms with Crippen molar-refractivity contribution < 1.29 is 84.7 Å². The summed E-state index contributed by atoms with van der Waals surface area (Å²) in [6.45, 7) is 1.26. The zero-order chi connectivity index (χ0) is 37.5. The molecule has 2 aromatic rings. The first-order valence-electron chi connectivity index (χ1n) is 17.1. The third-order valence-electron chi connectivity index (χ3n) is 8.72. The van der Waals surface area contributed by atoms with Crippen LogP contribution < -0.4 is 23.5 Å². The number of methoxy groups -OCH3 is 2. The Morgan fingerprint density at radius 3 is 2.30 bits per heavy atom. The predicted molar refractivity (Wildman–Crippen MR) is 149 cm³/mol. The largest absolute Gasteiger partial charge is 0.525 e. The summed E-state index contributed by atoms with van der Waals surface area (Å²) in [6.07, 6.45) is -8.01. The summed E-state index contributed by atoms with van der Waals surface area (Å²) in [5.41, 5.74) is 0.652. The molecule has 5 aliphatic rings. The molecule has 250 valence electrons. The fourth-order valence-corrected chi connectivity index (χ4v) is 7.20. The number of rotatable bonds is 7. The predicted octanol–water partition coefficient (Wildman–Crippen LogP) is 1.10. The van der Waals surface area contributed by atoms with Gasteiger partial charge in [-0.15, -0.1) is 0 Å². The Morgan fingerprint density at radius 2 is 1.63 bits per heavy atom. The van der Waals surface area contributed by atoms with Crippen molar-refractivity contribution in [2.45, 2.75) is 55.9 Å². The van der Waals surface area contributed by atoms with E-state index in [2.05, 4.69) is 0 Å². The zero-order valence-electron chi connectivity index (χ0n) is 29.8. The molecular weight excluding hydrogens is 635 g/mol. The summed E-state index contributed by atoms with van der Waals surface area (Å²) in [6, 6.07) is 5.16. The Hall–Kier alpha value is -3.18. The van der Waals surface area contributed by atoms with Gasteiger partial charge in [0, 0.05) is 11.8 Å². The van der Waals surface area contributed by atoms with E-state index in [0.29, 0.717) is 11.1 Å². The molecule has 0 unspecified atom stereocenters. The molecule has 2 aromatic carbocycles. The number of phosphoric ester groups is 1. The Morgan fingerprint density at radius 1 is 0.935 bits per heavy atom. The number of phosphoric acid groups is 1. The molecular formula is C29H33O16P. The van der Waals surface area contributed by atoms with E-state index >= 15 is 0 Å². The quantitative estimate of drug-likeness (QED) is 0.240. The number of benzene rings is 2. The molecule has 4 heterocycles. The van der Waals surface area contributed by atoms with Crippen LogP contribution in [0, 0.1) is 11.8 Å². The molecule has 4 N–H and O–H groups in total. The molecule has 0 saturated carbocycles. The van der Waals surface area contributed by atoms with Crippen LogP contribution in [0.4, 0.5) is 0 Å². The maximum Gasteiger partial charge on any atom is 0.525 e. The van der Waals surface area contributed by atoms with E-state index in [1.165, 1.54) is 6.07 Å². The van der Waals surface area contributed by atoms with Gasteiger partial charge in [-0.25, -0.2) is 4.57 Å². The number of cyclic esters (lactones) is 1. The summed E-state index contributed by atoms with van der Waals surface area (Å²) in [5, 5.41) is 22.1. The monoisotopic (exact) mass is 674 g/mol. The molecule has 3 saturated heterocycles. The molecule has 0 radical (unpaired) electrons.